The van der Waals surface area contributed by atoms with Gasteiger partial charge in [0.05, 0.1) is 6.04 Å². The number of para-hydroxylation sites is 1. The third kappa shape index (κ3) is 3.67. The molecule has 3 heteroatoms. The summed E-state index contributed by atoms with van der Waals surface area (Å²) in [5.74, 6) is 0.850. The van der Waals surface area contributed by atoms with Crippen molar-refractivity contribution >= 4 is 5.91 Å². The Morgan fingerprint density at radius 3 is 2.27 bits per heavy atom. The van der Waals surface area contributed by atoms with Crippen molar-refractivity contribution in [3.63, 3.8) is 0 Å². The Morgan fingerprint density at radius 1 is 0.909 bits per heavy atom. The second-order valence-corrected chi connectivity index (χ2v) is 5.70. The van der Waals surface area contributed by atoms with E-state index in [-0.39, 0.29) is 18.1 Å². The number of amides is 1. The number of nitrogens with one attached hydrogen (secondary N) is 1. The van der Waals surface area contributed by atoms with E-state index in [9.17, 15) is 4.79 Å². The molecule has 114 valence electrons. The van der Waals surface area contributed by atoms with Crippen LogP contribution in [0.5, 0.6) is 5.75 Å². The van der Waals surface area contributed by atoms with Crippen LogP contribution in [0.1, 0.15) is 36.0 Å². The first-order valence-electron chi connectivity index (χ1n) is 7.90. The standard InChI is InChI=1S/C19H21NO2/c21-19(15-9-3-1-4-10-15)20-17-13-7-8-14-18(17)22-16-11-5-2-6-12-16/h1-6,9-12,17-18H,7-8,13-14H2,(H,20,21)/t17-,18-/m1/s1. The fourth-order valence-corrected chi connectivity index (χ4v) is 2.92. The van der Waals surface area contributed by atoms with Gasteiger partial charge in [-0.1, -0.05) is 42.8 Å². The highest BCUT2D eigenvalue weighted by atomic mass is 16.5. The van der Waals surface area contributed by atoms with Crippen molar-refractivity contribution < 1.29 is 9.53 Å². The molecular weight excluding hydrogens is 274 g/mol. The van der Waals surface area contributed by atoms with E-state index in [1.165, 1.54) is 0 Å². The summed E-state index contributed by atoms with van der Waals surface area (Å²) >= 11 is 0. The summed E-state index contributed by atoms with van der Waals surface area (Å²) in [5.41, 5.74) is 0.700. The molecule has 2 aromatic rings. The van der Waals surface area contributed by atoms with Crippen LogP contribution in [0.3, 0.4) is 0 Å². The quantitative estimate of drug-likeness (QED) is 0.931. The van der Waals surface area contributed by atoms with E-state index >= 15 is 0 Å². The average molecular weight is 295 g/mol. The minimum absolute atomic E-state index is 0.0193. The molecule has 2 atom stereocenters. The zero-order chi connectivity index (χ0) is 15.2. The molecule has 0 aromatic heterocycles. The average Bonchev–Trinajstić information content (AvgIpc) is 2.58. The minimum atomic E-state index is -0.0193. The summed E-state index contributed by atoms with van der Waals surface area (Å²) in [5, 5.41) is 3.14. The number of carbonyl (C=O) groups is 1. The SMILES string of the molecule is O=C(N[C@@H]1CCCC[C@H]1Oc1ccccc1)c1ccccc1. The summed E-state index contributed by atoms with van der Waals surface area (Å²) in [7, 11) is 0. The topological polar surface area (TPSA) is 38.3 Å². The molecule has 0 heterocycles. The van der Waals surface area contributed by atoms with Crippen LogP contribution in [0, 0.1) is 0 Å². The van der Waals surface area contributed by atoms with E-state index in [2.05, 4.69) is 5.32 Å². The van der Waals surface area contributed by atoms with E-state index in [0.29, 0.717) is 5.56 Å². The lowest BCUT2D eigenvalue weighted by Gasteiger charge is -2.32. The smallest absolute Gasteiger partial charge is 0.251 e. The first-order chi connectivity index (χ1) is 10.8. The lowest BCUT2D eigenvalue weighted by Crippen LogP contribution is -2.47. The van der Waals surface area contributed by atoms with Gasteiger partial charge in [-0.2, -0.15) is 0 Å². The summed E-state index contributed by atoms with van der Waals surface area (Å²) in [6, 6.07) is 19.3. The Bertz CT molecular complexity index is 597. The summed E-state index contributed by atoms with van der Waals surface area (Å²) in [6.07, 6.45) is 4.28. The second kappa shape index (κ2) is 7.12. The molecule has 3 rings (SSSR count). The van der Waals surface area contributed by atoms with Crippen LogP contribution in [0.4, 0.5) is 0 Å². The zero-order valence-corrected chi connectivity index (χ0v) is 12.6. The molecule has 0 spiro atoms. The third-order valence-electron chi connectivity index (χ3n) is 4.09. The summed E-state index contributed by atoms with van der Waals surface area (Å²) < 4.78 is 6.09. The fourth-order valence-electron chi connectivity index (χ4n) is 2.92. The van der Waals surface area contributed by atoms with Crippen LogP contribution in [0.25, 0.3) is 0 Å². The van der Waals surface area contributed by atoms with Crippen molar-refractivity contribution in [3.05, 3.63) is 66.2 Å². The maximum absolute atomic E-state index is 12.3. The molecule has 1 N–H and O–H groups in total. The molecule has 0 aliphatic heterocycles. The predicted octanol–water partition coefficient (Wildman–Crippen LogP) is 3.81. The molecule has 1 amide bonds. The third-order valence-corrected chi connectivity index (χ3v) is 4.09. The van der Waals surface area contributed by atoms with Crippen LogP contribution in [0.2, 0.25) is 0 Å². The van der Waals surface area contributed by atoms with Gasteiger partial charge < -0.3 is 10.1 Å². The number of hydrogen-bond acceptors (Lipinski definition) is 2. The van der Waals surface area contributed by atoms with Gasteiger partial charge in [0.1, 0.15) is 11.9 Å². The maximum Gasteiger partial charge on any atom is 0.251 e. The van der Waals surface area contributed by atoms with Crippen molar-refractivity contribution in [1.82, 2.24) is 5.32 Å². The van der Waals surface area contributed by atoms with Gasteiger partial charge in [0.15, 0.2) is 0 Å². The van der Waals surface area contributed by atoms with Crippen LogP contribution < -0.4 is 10.1 Å². The second-order valence-electron chi connectivity index (χ2n) is 5.70. The first-order valence-corrected chi connectivity index (χ1v) is 7.90. The maximum atomic E-state index is 12.3. The first kappa shape index (κ1) is 14.6. The van der Waals surface area contributed by atoms with E-state index < -0.39 is 0 Å². The number of hydrogen-bond donors (Lipinski definition) is 1. The zero-order valence-electron chi connectivity index (χ0n) is 12.6. The fraction of sp³-hybridized carbons (Fsp3) is 0.316. The number of rotatable bonds is 4. The van der Waals surface area contributed by atoms with Crippen LogP contribution in [-0.4, -0.2) is 18.1 Å². The van der Waals surface area contributed by atoms with E-state index in [1.54, 1.807) is 0 Å². The summed E-state index contributed by atoms with van der Waals surface area (Å²) in [4.78, 5) is 12.3. The van der Waals surface area contributed by atoms with E-state index in [4.69, 9.17) is 4.74 Å². The van der Waals surface area contributed by atoms with E-state index in [0.717, 1.165) is 31.4 Å². The molecular formula is C19H21NO2. The minimum Gasteiger partial charge on any atom is -0.488 e. The van der Waals surface area contributed by atoms with Gasteiger partial charge in [-0.05, 0) is 43.5 Å². The number of benzene rings is 2. The summed E-state index contributed by atoms with van der Waals surface area (Å²) in [6.45, 7) is 0. The van der Waals surface area contributed by atoms with Crippen molar-refractivity contribution in [2.75, 3.05) is 0 Å². The monoisotopic (exact) mass is 295 g/mol. The molecule has 0 unspecified atom stereocenters. The van der Waals surface area contributed by atoms with Crippen molar-refractivity contribution in [2.24, 2.45) is 0 Å². The molecule has 3 nitrogen and oxygen atoms in total. The van der Waals surface area contributed by atoms with Gasteiger partial charge in [0.2, 0.25) is 0 Å². The molecule has 1 aliphatic rings. The van der Waals surface area contributed by atoms with Crippen LogP contribution >= 0.6 is 0 Å². The van der Waals surface area contributed by atoms with Gasteiger partial charge in [-0.25, -0.2) is 0 Å². The predicted molar refractivity (Wildman–Crippen MR) is 87.0 cm³/mol. The molecule has 22 heavy (non-hydrogen) atoms. The van der Waals surface area contributed by atoms with Gasteiger partial charge in [-0.15, -0.1) is 0 Å². The Balaban J connectivity index is 1.66. The number of ether oxygens (including phenoxy) is 1. The van der Waals surface area contributed by atoms with Crippen molar-refractivity contribution in [3.8, 4) is 5.75 Å². The molecule has 0 radical (unpaired) electrons. The highest BCUT2D eigenvalue weighted by Gasteiger charge is 2.28. The van der Waals surface area contributed by atoms with Crippen molar-refractivity contribution in [2.45, 2.75) is 37.8 Å². The highest BCUT2D eigenvalue weighted by Crippen LogP contribution is 2.24. The largest absolute Gasteiger partial charge is 0.488 e. The Hall–Kier alpha value is -2.29. The lowest BCUT2D eigenvalue weighted by molar-refractivity contribution is 0.0798. The number of carbonyl (C=O) groups excluding carboxylic acids is 1. The van der Waals surface area contributed by atoms with Gasteiger partial charge >= 0.3 is 0 Å². The molecule has 0 saturated heterocycles. The molecule has 1 saturated carbocycles. The van der Waals surface area contributed by atoms with Gasteiger partial charge in [0, 0.05) is 5.56 Å². The molecule has 0 bridgehead atoms. The lowest BCUT2D eigenvalue weighted by atomic mass is 9.92. The Morgan fingerprint density at radius 2 is 1.55 bits per heavy atom. The normalized spacial score (nSPS) is 21.1. The molecule has 1 aliphatic carbocycles. The molecule has 2 aromatic carbocycles. The van der Waals surface area contributed by atoms with Crippen LogP contribution in [-0.2, 0) is 0 Å². The van der Waals surface area contributed by atoms with Gasteiger partial charge in [-0.3, -0.25) is 4.79 Å². The van der Waals surface area contributed by atoms with Crippen LogP contribution in [0.15, 0.2) is 60.7 Å². The Labute approximate surface area is 131 Å². The Kier molecular flexibility index (Phi) is 4.74. The van der Waals surface area contributed by atoms with Gasteiger partial charge in [0.25, 0.3) is 5.91 Å². The molecule has 1 fully saturated rings. The highest BCUT2D eigenvalue weighted by molar-refractivity contribution is 5.94. The van der Waals surface area contributed by atoms with Crippen molar-refractivity contribution in [1.29, 1.82) is 0 Å². The van der Waals surface area contributed by atoms with E-state index in [1.807, 2.05) is 60.7 Å².